The van der Waals surface area contributed by atoms with E-state index in [1.807, 2.05) is 49.4 Å². The maximum absolute atomic E-state index is 10.5. The van der Waals surface area contributed by atoms with Crippen LogP contribution in [-0.2, 0) is 6.54 Å². The van der Waals surface area contributed by atoms with Crippen LogP contribution >= 0.6 is 0 Å². The monoisotopic (exact) mass is 332 g/mol. The van der Waals surface area contributed by atoms with E-state index in [1.165, 1.54) is 0 Å². The Hall–Kier alpha value is -2.24. The summed E-state index contributed by atoms with van der Waals surface area (Å²) in [5.41, 5.74) is 1.91. The van der Waals surface area contributed by atoms with Crippen LogP contribution in [0.15, 0.2) is 42.5 Å². The summed E-state index contributed by atoms with van der Waals surface area (Å²) >= 11 is 0. The molecule has 3 N–H and O–H groups in total. The number of rotatable bonds is 8. The fourth-order valence-corrected chi connectivity index (χ4v) is 2.65. The van der Waals surface area contributed by atoms with Crippen LogP contribution in [-0.4, -0.2) is 32.5 Å². The average Bonchev–Trinajstić information content (AvgIpc) is 2.65. The number of ether oxygens (including phenoxy) is 3. The Morgan fingerprint density at radius 2 is 1.50 bits per heavy atom. The zero-order chi connectivity index (χ0) is 17.5. The molecule has 0 radical (unpaired) electrons. The Balaban J connectivity index is 2.10. The van der Waals surface area contributed by atoms with Gasteiger partial charge >= 0.3 is 0 Å². The smallest absolute Gasteiger partial charge is 0.164 e. The largest absolute Gasteiger partial charge is 0.496 e. The summed E-state index contributed by atoms with van der Waals surface area (Å²) in [6.07, 6.45) is -0.530. The van der Waals surface area contributed by atoms with Crippen LogP contribution in [0.25, 0.3) is 0 Å². The molecule has 130 valence electrons. The summed E-state index contributed by atoms with van der Waals surface area (Å²) in [7, 11) is 4.84. The molecular weight excluding hydrogens is 306 g/mol. The van der Waals surface area contributed by atoms with Gasteiger partial charge in [0.2, 0.25) is 0 Å². The summed E-state index contributed by atoms with van der Waals surface area (Å²) in [6, 6.07) is 13.4. The number of hydrogen-bond donors (Lipinski definition) is 2. The molecule has 2 aromatic carbocycles. The molecule has 2 atom stereocenters. The van der Waals surface area contributed by atoms with Gasteiger partial charge in [0.05, 0.1) is 26.9 Å². The molecule has 2 aromatic rings. The fraction of sp³-hybridized carbons (Fsp3) is 0.368. The standard InChI is InChI=1S/C19H25NO4/c1-13(19(21)14-8-6-5-7-9-14)20-12-15-10-17(23-3)18(24-4)11-16(15)22-2/h5-11,13,19-21H,12H2,1-4H3/p+1/t13-,19+/m0/s1. The molecule has 0 aromatic heterocycles. The van der Waals surface area contributed by atoms with Gasteiger partial charge in [-0.3, -0.25) is 0 Å². The predicted octanol–water partition coefficient (Wildman–Crippen LogP) is 1.90. The zero-order valence-electron chi connectivity index (χ0n) is 14.7. The molecule has 0 saturated heterocycles. The van der Waals surface area contributed by atoms with Gasteiger partial charge in [0.15, 0.2) is 11.5 Å². The Kier molecular flexibility index (Phi) is 6.46. The van der Waals surface area contributed by atoms with E-state index >= 15 is 0 Å². The number of aliphatic hydroxyl groups is 1. The van der Waals surface area contributed by atoms with Crippen molar-refractivity contribution in [3.63, 3.8) is 0 Å². The van der Waals surface area contributed by atoms with Crippen molar-refractivity contribution in [1.29, 1.82) is 0 Å². The lowest BCUT2D eigenvalue weighted by atomic mass is 10.0. The molecule has 2 rings (SSSR count). The predicted molar refractivity (Wildman–Crippen MR) is 92.6 cm³/mol. The molecule has 0 heterocycles. The molecule has 0 aliphatic heterocycles. The van der Waals surface area contributed by atoms with Crippen molar-refractivity contribution >= 4 is 0 Å². The molecule has 0 aliphatic rings. The minimum absolute atomic E-state index is 0.00482. The molecule has 0 bridgehead atoms. The fourth-order valence-electron chi connectivity index (χ4n) is 2.65. The lowest BCUT2D eigenvalue weighted by Crippen LogP contribution is -2.89. The van der Waals surface area contributed by atoms with Crippen LogP contribution in [0.1, 0.15) is 24.2 Å². The third-order valence-electron chi connectivity index (χ3n) is 4.14. The highest BCUT2D eigenvalue weighted by Gasteiger charge is 2.20. The summed E-state index contributed by atoms with van der Waals surface area (Å²) in [5, 5.41) is 12.6. The van der Waals surface area contributed by atoms with Gasteiger partial charge in [-0.25, -0.2) is 0 Å². The summed E-state index contributed by atoms with van der Waals surface area (Å²) in [6.45, 7) is 2.67. The summed E-state index contributed by atoms with van der Waals surface area (Å²) in [5.74, 6) is 2.04. The first-order valence-electron chi connectivity index (χ1n) is 7.96. The van der Waals surface area contributed by atoms with Crippen molar-refractivity contribution < 1.29 is 24.6 Å². The second kappa shape index (κ2) is 8.57. The number of methoxy groups -OCH3 is 3. The molecular formula is C19H26NO4+. The highest BCUT2D eigenvalue weighted by Crippen LogP contribution is 2.34. The van der Waals surface area contributed by atoms with Gasteiger partial charge in [-0.1, -0.05) is 30.3 Å². The third kappa shape index (κ3) is 4.19. The molecule has 5 nitrogen and oxygen atoms in total. The van der Waals surface area contributed by atoms with E-state index < -0.39 is 6.10 Å². The normalized spacial score (nSPS) is 13.2. The number of aliphatic hydroxyl groups excluding tert-OH is 1. The lowest BCUT2D eigenvalue weighted by molar-refractivity contribution is -0.709. The van der Waals surface area contributed by atoms with Crippen LogP contribution in [0.4, 0.5) is 0 Å². The average molecular weight is 332 g/mol. The van der Waals surface area contributed by atoms with E-state index in [0.717, 1.165) is 16.9 Å². The van der Waals surface area contributed by atoms with Gasteiger partial charge in [-0.05, 0) is 18.6 Å². The van der Waals surface area contributed by atoms with E-state index in [0.29, 0.717) is 18.0 Å². The van der Waals surface area contributed by atoms with Gasteiger partial charge in [0, 0.05) is 6.07 Å². The quantitative estimate of drug-likeness (QED) is 0.775. The second-order valence-corrected chi connectivity index (χ2v) is 5.67. The molecule has 0 saturated carbocycles. The van der Waals surface area contributed by atoms with E-state index in [1.54, 1.807) is 21.3 Å². The Morgan fingerprint density at radius 1 is 0.917 bits per heavy atom. The third-order valence-corrected chi connectivity index (χ3v) is 4.14. The number of nitrogens with two attached hydrogens (primary N) is 1. The highest BCUT2D eigenvalue weighted by molar-refractivity contribution is 5.50. The van der Waals surface area contributed by atoms with Gasteiger partial charge in [-0.15, -0.1) is 0 Å². The summed E-state index contributed by atoms with van der Waals surface area (Å²) in [4.78, 5) is 0. The topological polar surface area (TPSA) is 64.5 Å². The number of hydrogen-bond acceptors (Lipinski definition) is 4. The zero-order valence-corrected chi connectivity index (χ0v) is 14.7. The van der Waals surface area contributed by atoms with Crippen molar-refractivity contribution in [2.45, 2.75) is 25.6 Å². The lowest BCUT2D eigenvalue weighted by Gasteiger charge is -2.19. The van der Waals surface area contributed by atoms with Crippen LogP contribution in [0.2, 0.25) is 0 Å². The minimum Gasteiger partial charge on any atom is -0.496 e. The SMILES string of the molecule is COc1cc(OC)c(OC)cc1C[NH2+][C@@H](C)[C@@H](O)c1ccccc1. The maximum atomic E-state index is 10.5. The van der Waals surface area contributed by atoms with Gasteiger partial charge in [0.1, 0.15) is 24.4 Å². The van der Waals surface area contributed by atoms with Crippen molar-refractivity contribution in [3.8, 4) is 17.2 Å². The molecule has 0 amide bonds. The summed E-state index contributed by atoms with van der Waals surface area (Å²) < 4.78 is 16.1. The number of benzene rings is 2. The molecule has 0 fully saturated rings. The minimum atomic E-state index is -0.530. The van der Waals surface area contributed by atoms with Crippen LogP contribution in [0, 0.1) is 0 Å². The van der Waals surface area contributed by atoms with E-state index in [2.05, 4.69) is 5.32 Å². The van der Waals surface area contributed by atoms with Crippen molar-refractivity contribution in [1.82, 2.24) is 0 Å². The van der Waals surface area contributed by atoms with Crippen LogP contribution in [0.3, 0.4) is 0 Å². The Morgan fingerprint density at radius 3 is 2.08 bits per heavy atom. The van der Waals surface area contributed by atoms with Gasteiger partial charge in [-0.2, -0.15) is 0 Å². The van der Waals surface area contributed by atoms with Crippen LogP contribution in [0.5, 0.6) is 17.2 Å². The van der Waals surface area contributed by atoms with Gasteiger partial charge in [0.25, 0.3) is 0 Å². The van der Waals surface area contributed by atoms with E-state index in [9.17, 15) is 5.11 Å². The first kappa shape index (κ1) is 18.1. The molecule has 24 heavy (non-hydrogen) atoms. The van der Waals surface area contributed by atoms with E-state index in [-0.39, 0.29) is 6.04 Å². The van der Waals surface area contributed by atoms with Crippen LogP contribution < -0.4 is 19.5 Å². The molecule has 5 heteroatoms. The van der Waals surface area contributed by atoms with Gasteiger partial charge < -0.3 is 24.6 Å². The molecule has 0 spiro atoms. The highest BCUT2D eigenvalue weighted by atomic mass is 16.5. The maximum Gasteiger partial charge on any atom is 0.164 e. The first-order chi connectivity index (χ1) is 11.6. The first-order valence-corrected chi connectivity index (χ1v) is 7.96. The Bertz CT molecular complexity index is 645. The molecule has 0 aliphatic carbocycles. The van der Waals surface area contributed by atoms with Crippen molar-refractivity contribution in [2.24, 2.45) is 0 Å². The van der Waals surface area contributed by atoms with Crippen molar-refractivity contribution in [3.05, 3.63) is 53.6 Å². The molecule has 0 unspecified atom stereocenters. The Labute approximate surface area is 143 Å². The van der Waals surface area contributed by atoms with Crippen molar-refractivity contribution in [2.75, 3.05) is 21.3 Å². The van der Waals surface area contributed by atoms with E-state index in [4.69, 9.17) is 14.2 Å². The second-order valence-electron chi connectivity index (χ2n) is 5.67. The number of quaternary nitrogens is 1.